The van der Waals surface area contributed by atoms with Gasteiger partial charge in [0.05, 0.1) is 0 Å². The predicted octanol–water partition coefficient (Wildman–Crippen LogP) is 6.87. The fourth-order valence-corrected chi connectivity index (χ4v) is 3.87. The van der Waals surface area contributed by atoms with E-state index in [1.807, 2.05) is 12.1 Å². The molecule has 0 heterocycles. The molecule has 0 fully saturated rings. The summed E-state index contributed by atoms with van der Waals surface area (Å²) in [6.45, 7) is 0. The molecule has 0 aromatic heterocycles. The van der Waals surface area contributed by atoms with Gasteiger partial charge in [-0.25, -0.2) is 13.2 Å². The normalized spacial score (nSPS) is 12.1. The molecule has 0 aliphatic carbocycles. The lowest BCUT2D eigenvalue weighted by Crippen LogP contribution is -2.17. The van der Waals surface area contributed by atoms with Crippen molar-refractivity contribution in [3.05, 3.63) is 143 Å². The summed E-state index contributed by atoms with van der Waals surface area (Å²) >= 11 is 0. The standard InChI is InChI=1S/C26H18F3/c27-20-12-8-11-19(17-20)25(18-9-2-1-3-10-18)26(21-13-4-6-15-23(21)28)22-14-5-7-16-24(22)29/h2-17,25-26H. The highest BCUT2D eigenvalue weighted by Crippen LogP contribution is 2.44. The van der Waals surface area contributed by atoms with Crippen molar-refractivity contribution in [2.45, 2.75) is 11.8 Å². The highest BCUT2D eigenvalue weighted by molar-refractivity contribution is 5.45. The molecule has 0 aliphatic heterocycles. The van der Waals surface area contributed by atoms with Crippen LogP contribution < -0.4 is 0 Å². The quantitative estimate of drug-likeness (QED) is 0.351. The van der Waals surface area contributed by atoms with Crippen LogP contribution in [0.3, 0.4) is 0 Å². The van der Waals surface area contributed by atoms with E-state index in [0.717, 1.165) is 5.56 Å². The van der Waals surface area contributed by atoms with E-state index >= 15 is 0 Å². The average Bonchev–Trinajstić information content (AvgIpc) is 2.74. The largest absolute Gasteiger partial charge is 0.207 e. The maximum absolute atomic E-state index is 14.9. The summed E-state index contributed by atoms with van der Waals surface area (Å²) in [5.41, 5.74) is 2.19. The van der Waals surface area contributed by atoms with Gasteiger partial charge in [-0.05, 0) is 52.6 Å². The molecule has 1 unspecified atom stereocenters. The third-order valence-electron chi connectivity index (χ3n) is 5.12. The van der Waals surface area contributed by atoms with Gasteiger partial charge < -0.3 is 0 Å². The zero-order chi connectivity index (χ0) is 20.2. The average molecular weight is 387 g/mol. The van der Waals surface area contributed by atoms with Gasteiger partial charge in [-0.15, -0.1) is 0 Å². The molecule has 0 aliphatic rings. The molecule has 4 aromatic rings. The second-order valence-corrected chi connectivity index (χ2v) is 6.89. The third kappa shape index (κ3) is 3.95. The van der Waals surface area contributed by atoms with E-state index in [4.69, 9.17) is 0 Å². The van der Waals surface area contributed by atoms with Gasteiger partial charge in [0.25, 0.3) is 0 Å². The molecular weight excluding hydrogens is 369 g/mol. The Hall–Kier alpha value is -3.33. The molecule has 0 nitrogen and oxygen atoms in total. The lowest BCUT2D eigenvalue weighted by Gasteiger charge is -2.30. The van der Waals surface area contributed by atoms with E-state index in [9.17, 15) is 13.2 Å². The Bertz CT molecular complexity index is 1060. The molecule has 0 bridgehead atoms. The van der Waals surface area contributed by atoms with Crippen LogP contribution in [-0.4, -0.2) is 0 Å². The Kier molecular flexibility index (Phi) is 5.48. The second kappa shape index (κ2) is 8.36. The fourth-order valence-electron chi connectivity index (χ4n) is 3.87. The van der Waals surface area contributed by atoms with Crippen molar-refractivity contribution in [1.82, 2.24) is 0 Å². The Labute approximate surface area is 168 Å². The maximum Gasteiger partial charge on any atom is 0.127 e. The molecule has 0 spiro atoms. The summed E-state index contributed by atoms with van der Waals surface area (Å²) in [5, 5.41) is 0. The molecule has 4 aromatic carbocycles. The third-order valence-corrected chi connectivity index (χ3v) is 5.12. The Morgan fingerprint density at radius 3 is 1.69 bits per heavy atom. The first-order valence-electron chi connectivity index (χ1n) is 9.35. The Balaban J connectivity index is 2.01. The van der Waals surface area contributed by atoms with Crippen LogP contribution in [0.2, 0.25) is 0 Å². The molecule has 0 amide bonds. The highest BCUT2D eigenvalue weighted by atomic mass is 19.1. The molecule has 4 rings (SSSR count). The lowest BCUT2D eigenvalue weighted by molar-refractivity contribution is 0.549. The maximum atomic E-state index is 14.9. The minimum atomic E-state index is -0.679. The van der Waals surface area contributed by atoms with Crippen LogP contribution in [0.15, 0.2) is 97.1 Å². The van der Waals surface area contributed by atoms with E-state index in [1.165, 1.54) is 24.3 Å². The van der Waals surface area contributed by atoms with Gasteiger partial charge in [0.1, 0.15) is 17.5 Å². The van der Waals surface area contributed by atoms with E-state index in [-0.39, 0.29) is 0 Å². The van der Waals surface area contributed by atoms with Crippen LogP contribution in [0, 0.1) is 23.5 Å². The van der Waals surface area contributed by atoms with Gasteiger partial charge >= 0.3 is 0 Å². The van der Waals surface area contributed by atoms with Crippen molar-refractivity contribution in [2.24, 2.45) is 0 Å². The molecular formula is C26H18F3. The van der Waals surface area contributed by atoms with Crippen LogP contribution in [0.1, 0.15) is 34.1 Å². The smallest absolute Gasteiger partial charge is 0.127 e. The molecule has 1 atom stereocenters. The van der Waals surface area contributed by atoms with Crippen molar-refractivity contribution < 1.29 is 13.2 Å². The van der Waals surface area contributed by atoms with Gasteiger partial charge in [0, 0.05) is 11.8 Å². The minimum Gasteiger partial charge on any atom is -0.207 e. The number of hydrogen-bond donors (Lipinski definition) is 0. The Morgan fingerprint density at radius 1 is 0.552 bits per heavy atom. The minimum absolute atomic E-state index is 0.361. The second-order valence-electron chi connectivity index (χ2n) is 6.89. The van der Waals surface area contributed by atoms with Crippen molar-refractivity contribution in [3.8, 4) is 0 Å². The van der Waals surface area contributed by atoms with Crippen molar-refractivity contribution >= 4 is 0 Å². The molecule has 3 heteroatoms. The van der Waals surface area contributed by atoms with E-state index in [0.29, 0.717) is 16.7 Å². The molecule has 29 heavy (non-hydrogen) atoms. The topological polar surface area (TPSA) is 0 Å². The summed E-state index contributed by atoms with van der Waals surface area (Å²) in [5.74, 6) is -2.42. The van der Waals surface area contributed by atoms with Crippen LogP contribution in [0.25, 0.3) is 0 Å². The van der Waals surface area contributed by atoms with Crippen LogP contribution >= 0.6 is 0 Å². The highest BCUT2D eigenvalue weighted by Gasteiger charge is 2.31. The predicted molar refractivity (Wildman–Crippen MR) is 108 cm³/mol. The lowest BCUT2D eigenvalue weighted by atomic mass is 9.73. The fraction of sp³-hybridized carbons (Fsp3) is 0.0769. The number of benzene rings is 4. The van der Waals surface area contributed by atoms with Gasteiger partial charge in [-0.3, -0.25) is 0 Å². The van der Waals surface area contributed by atoms with E-state index in [1.54, 1.807) is 60.7 Å². The summed E-state index contributed by atoms with van der Waals surface area (Å²) in [7, 11) is 0. The summed E-state index contributed by atoms with van der Waals surface area (Å²) in [4.78, 5) is 0. The van der Waals surface area contributed by atoms with Crippen LogP contribution in [-0.2, 0) is 0 Å². The molecule has 0 saturated carbocycles. The summed E-state index contributed by atoms with van der Waals surface area (Å²) in [6.07, 6.45) is 0. The zero-order valence-electron chi connectivity index (χ0n) is 15.5. The molecule has 0 saturated heterocycles. The van der Waals surface area contributed by atoms with Crippen molar-refractivity contribution in [3.63, 3.8) is 0 Å². The number of rotatable bonds is 5. The van der Waals surface area contributed by atoms with Crippen molar-refractivity contribution in [1.29, 1.82) is 0 Å². The molecule has 1 radical (unpaired) electrons. The van der Waals surface area contributed by atoms with Gasteiger partial charge in [-0.1, -0.05) is 72.8 Å². The summed E-state index contributed by atoms with van der Waals surface area (Å²) < 4.78 is 44.0. The van der Waals surface area contributed by atoms with Crippen LogP contribution in [0.5, 0.6) is 0 Å². The first-order chi connectivity index (χ1) is 14.1. The van der Waals surface area contributed by atoms with Gasteiger partial charge in [-0.2, -0.15) is 0 Å². The van der Waals surface area contributed by atoms with E-state index in [2.05, 4.69) is 6.07 Å². The van der Waals surface area contributed by atoms with Gasteiger partial charge in [0.2, 0.25) is 0 Å². The van der Waals surface area contributed by atoms with Crippen LogP contribution in [0.4, 0.5) is 13.2 Å². The first-order valence-corrected chi connectivity index (χ1v) is 9.35. The van der Waals surface area contributed by atoms with Crippen molar-refractivity contribution in [2.75, 3.05) is 0 Å². The van der Waals surface area contributed by atoms with Gasteiger partial charge in [0.15, 0.2) is 0 Å². The number of halogens is 3. The van der Waals surface area contributed by atoms with E-state index < -0.39 is 29.3 Å². The summed E-state index contributed by atoms with van der Waals surface area (Å²) in [6, 6.07) is 29.1. The number of hydrogen-bond acceptors (Lipinski definition) is 0. The Morgan fingerprint density at radius 2 is 1.14 bits per heavy atom. The SMILES string of the molecule is Fc1cccc(C(c2cc[c]cc2)C(c2ccccc2F)c2ccccc2F)c1. The molecule has 0 N–H and O–H groups in total. The monoisotopic (exact) mass is 387 g/mol. The first kappa shape index (κ1) is 19.0. The zero-order valence-corrected chi connectivity index (χ0v) is 15.5. The molecule has 143 valence electrons.